The number of halogens is 1. The fourth-order valence-electron chi connectivity index (χ4n) is 14.0. The van der Waals surface area contributed by atoms with E-state index in [1.807, 2.05) is 97.6 Å². The Hall–Kier alpha value is -12.1. The van der Waals surface area contributed by atoms with E-state index >= 15 is 4.39 Å². The van der Waals surface area contributed by atoms with E-state index in [-0.39, 0.29) is 0 Å². The van der Waals surface area contributed by atoms with Crippen molar-refractivity contribution < 1.29 is 4.39 Å². The molecule has 10 aromatic carbocycles. The fraction of sp³-hybridized carbons (Fsp3) is 0. The summed E-state index contributed by atoms with van der Waals surface area (Å²) >= 11 is 0. The van der Waals surface area contributed by atoms with Crippen LogP contribution in [0.1, 0.15) is 0 Å². The second-order valence-electron chi connectivity index (χ2n) is 22.6. The summed E-state index contributed by atoms with van der Waals surface area (Å²) in [6.45, 7) is 0. The molecule has 0 bridgehead atoms. The molecule has 0 fully saturated rings. The molecule has 0 saturated carbocycles. The van der Waals surface area contributed by atoms with Gasteiger partial charge in [0.25, 0.3) is 0 Å². The predicted molar refractivity (Wildman–Crippen MR) is 362 cm³/mol. The first-order valence-corrected chi connectivity index (χ1v) is 29.9. The van der Waals surface area contributed by atoms with Crippen molar-refractivity contribution in [2.24, 2.45) is 0 Å². The third-order valence-electron chi connectivity index (χ3n) is 17.8. The van der Waals surface area contributed by atoms with Gasteiger partial charge in [0.05, 0.1) is 78.3 Å². The Labute approximate surface area is 509 Å². The molecule has 0 spiro atoms. The predicted octanol–water partition coefficient (Wildman–Crippen LogP) is 20.1. The van der Waals surface area contributed by atoms with Crippen molar-refractivity contribution in [1.82, 2.24) is 38.2 Å². The molecule has 0 aliphatic carbocycles. The summed E-state index contributed by atoms with van der Waals surface area (Å²) in [5.74, 6) is -0.414. The van der Waals surface area contributed by atoms with Gasteiger partial charge in [-0.1, -0.05) is 152 Å². The lowest BCUT2D eigenvalue weighted by Gasteiger charge is -2.28. The maximum absolute atomic E-state index is 21.6. The van der Waals surface area contributed by atoms with Gasteiger partial charge in [-0.2, -0.15) is 0 Å². The number of fused-ring (bicyclic) bond motifs is 12. The van der Waals surface area contributed by atoms with Gasteiger partial charge in [0.2, 0.25) is 0 Å². The smallest absolute Gasteiger partial charge is 0.175 e. The lowest BCUT2D eigenvalue weighted by molar-refractivity contribution is 0.612. The summed E-state index contributed by atoms with van der Waals surface area (Å²) in [4.78, 5) is 19.5. The van der Waals surface area contributed by atoms with Crippen LogP contribution in [0.25, 0.3) is 166 Å². The summed E-state index contributed by atoms with van der Waals surface area (Å²) in [7, 11) is 0. The molecule has 18 rings (SSSR count). The molecule has 9 heteroatoms. The van der Waals surface area contributed by atoms with Gasteiger partial charge in [0.1, 0.15) is 11.4 Å². The molecule has 0 unspecified atom stereocenters. The zero-order valence-corrected chi connectivity index (χ0v) is 47.7. The molecule has 8 aromatic heterocycles. The average Bonchev–Trinajstić information content (AvgIpc) is 1.64. The molecule has 0 radical (unpaired) electrons. The molecular weight excluding hydrogens is 1090 g/mol. The Kier molecular flexibility index (Phi) is 11.3. The van der Waals surface area contributed by atoms with Gasteiger partial charge in [0, 0.05) is 95.7 Å². The van der Waals surface area contributed by atoms with Crippen LogP contribution in [0.15, 0.2) is 298 Å². The lowest BCUT2D eigenvalue weighted by Crippen LogP contribution is -2.16. The Morgan fingerprint density at radius 1 is 0.213 bits per heavy atom. The third-order valence-corrected chi connectivity index (χ3v) is 17.8. The number of nitrogens with zero attached hydrogens (tertiary/aromatic N) is 8. The van der Waals surface area contributed by atoms with E-state index in [0.29, 0.717) is 22.7 Å². The van der Waals surface area contributed by atoms with Crippen LogP contribution in [0.4, 0.5) is 4.39 Å². The highest BCUT2D eigenvalue weighted by molar-refractivity contribution is 6.18. The Morgan fingerprint density at radius 3 is 0.764 bits per heavy atom. The molecule has 0 aliphatic rings. The monoisotopic (exact) mass is 1140 g/mol. The Morgan fingerprint density at radius 2 is 0.472 bits per heavy atom. The number of para-hydroxylation sites is 4. The Balaban J connectivity index is 1.11. The van der Waals surface area contributed by atoms with Crippen LogP contribution >= 0.6 is 0 Å². The van der Waals surface area contributed by atoms with Gasteiger partial charge >= 0.3 is 0 Å². The first-order chi connectivity index (χ1) is 44.1. The molecular formula is C80H49FN8. The molecule has 0 aliphatic heterocycles. The standard InChI is InChI=1S/C80H49FN8/c81-76-79(88-67-30-8-4-22-55(67)56-23-5-9-31-68(56)88)77(86-71-38-34-51(63-26-12-16-42-82-63)46-59(71)60-47-52(35-39-72(60)86)64-27-13-17-43-83-64)75(50-20-2-1-3-21-50)78(80(76)89-69-32-10-6-24-57(69)58-25-7-11-33-70(58)89)87-73-40-36-53(65-28-14-18-44-84-65)48-61(73)62-49-54(37-41-74(62)87)66-29-15-19-45-85-66/h1-49H. The largest absolute Gasteiger partial charge is 0.306 e. The van der Waals surface area contributed by atoms with E-state index in [9.17, 15) is 0 Å². The SMILES string of the molecule is Fc1c(-n2c3ccccc3c3ccccc32)c(-n2c3ccc(-c4ccccn4)cc3c3cc(-c4ccccn4)ccc32)c(-c2ccccc2)c(-n2c3ccc(-c4ccccn4)cc3c3cc(-c4ccccn4)ccc32)c1-n1c2ccccc2c2ccccc21. The van der Waals surface area contributed by atoms with Crippen molar-refractivity contribution in [2.45, 2.75) is 0 Å². The summed E-state index contributed by atoms with van der Waals surface area (Å²) in [6.07, 6.45) is 7.34. The molecule has 8 heterocycles. The number of benzene rings is 10. The molecule has 0 amide bonds. The minimum atomic E-state index is -0.414. The van der Waals surface area contributed by atoms with Gasteiger partial charge in [-0.05, 0) is 127 Å². The van der Waals surface area contributed by atoms with Crippen LogP contribution in [0.3, 0.4) is 0 Å². The summed E-state index contributed by atoms with van der Waals surface area (Å²) in [5.41, 5.74) is 18.0. The zero-order valence-electron chi connectivity index (χ0n) is 47.7. The van der Waals surface area contributed by atoms with Crippen molar-refractivity contribution in [3.63, 3.8) is 0 Å². The van der Waals surface area contributed by atoms with Gasteiger partial charge in [-0.25, -0.2) is 4.39 Å². The van der Waals surface area contributed by atoms with Crippen LogP contribution in [0, 0.1) is 5.82 Å². The second kappa shape index (κ2) is 20.0. The average molecular weight is 1140 g/mol. The van der Waals surface area contributed by atoms with E-state index in [1.54, 1.807) is 0 Å². The minimum Gasteiger partial charge on any atom is -0.306 e. The number of hydrogen-bond acceptors (Lipinski definition) is 4. The van der Waals surface area contributed by atoms with E-state index < -0.39 is 5.82 Å². The number of pyridine rings is 4. The lowest BCUT2D eigenvalue weighted by atomic mass is 9.96. The molecule has 0 N–H and O–H groups in total. The summed E-state index contributed by atoms with van der Waals surface area (Å²) < 4.78 is 30.6. The first-order valence-electron chi connectivity index (χ1n) is 29.9. The van der Waals surface area contributed by atoms with Gasteiger partial charge in [-0.3, -0.25) is 19.9 Å². The quantitative estimate of drug-likeness (QED) is 0.144. The van der Waals surface area contributed by atoms with E-state index in [1.165, 1.54) is 0 Å². The normalized spacial score (nSPS) is 11.9. The Bertz CT molecular complexity index is 5210. The van der Waals surface area contributed by atoms with Crippen LogP contribution in [0.2, 0.25) is 0 Å². The summed E-state index contributed by atoms with van der Waals surface area (Å²) in [6, 6.07) is 94.7. The van der Waals surface area contributed by atoms with Gasteiger partial charge < -0.3 is 18.3 Å². The van der Waals surface area contributed by atoms with Crippen LogP contribution in [0.5, 0.6) is 0 Å². The molecule has 0 saturated heterocycles. The van der Waals surface area contributed by atoms with Crippen LogP contribution < -0.4 is 0 Å². The zero-order chi connectivity index (χ0) is 58.7. The van der Waals surface area contributed by atoms with Crippen molar-refractivity contribution in [2.75, 3.05) is 0 Å². The van der Waals surface area contributed by atoms with Crippen molar-refractivity contribution in [1.29, 1.82) is 0 Å². The van der Waals surface area contributed by atoms with Crippen molar-refractivity contribution in [3.8, 4) is 78.9 Å². The first kappa shape index (κ1) is 50.3. The van der Waals surface area contributed by atoms with Crippen LogP contribution in [-0.2, 0) is 0 Å². The molecule has 8 nitrogen and oxygen atoms in total. The second-order valence-corrected chi connectivity index (χ2v) is 22.6. The summed E-state index contributed by atoms with van der Waals surface area (Å²) in [5, 5.41) is 7.93. The fourth-order valence-corrected chi connectivity index (χ4v) is 14.0. The molecule has 18 aromatic rings. The van der Waals surface area contributed by atoms with Gasteiger partial charge in [0.15, 0.2) is 5.82 Å². The molecule has 0 atom stereocenters. The van der Waals surface area contributed by atoms with Gasteiger partial charge in [-0.15, -0.1) is 0 Å². The highest BCUT2D eigenvalue weighted by Gasteiger charge is 2.35. The van der Waals surface area contributed by atoms with E-state index in [0.717, 1.165) is 143 Å². The van der Waals surface area contributed by atoms with E-state index in [2.05, 4.69) is 218 Å². The van der Waals surface area contributed by atoms with E-state index in [4.69, 9.17) is 19.9 Å². The molecule has 416 valence electrons. The maximum atomic E-state index is 21.6. The number of aromatic nitrogens is 8. The third kappa shape index (κ3) is 7.72. The van der Waals surface area contributed by atoms with Crippen molar-refractivity contribution in [3.05, 3.63) is 304 Å². The topological polar surface area (TPSA) is 71.3 Å². The maximum Gasteiger partial charge on any atom is 0.175 e. The van der Waals surface area contributed by atoms with Crippen molar-refractivity contribution >= 4 is 87.2 Å². The number of rotatable bonds is 9. The highest BCUT2D eigenvalue weighted by atomic mass is 19.1. The van der Waals surface area contributed by atoms with Crippen LogP contribution in [-0.4, -0.2) is 38.2 Å². The number of hydrogen-bond donors (Lipinski definition) is 0. The minimum absolute atomic E-state index is 0.388. The highest BCUT2D eigenvalue weighted by Crippen LogP contribution is 2.52. The molecule has 89 heavy (non-hydrogen) atoms.